The van der Waals surface area contributed by atoms with Crippen molar-refractivity contribution in [1.29, 1.82) is 0 Å². The van der Waals surface area contributed by atoms with Crippen molar-refractivity contribution in [1.82, 2.24) is 4.57 Å². The molecule has 7 heteroatoms. The van der Waals surface area contributed by atoms with Gasteiger partial charge in [0, 0.05) is 54.4 Å². The standard InChI is InChI=1S/C22H25N3O3S/c1-24-13-19(16-4-3-5-17(16)21(24)26)18-12-15(23-29(2,27)28)6-7-20(18)25-11-10-22(14-25)8-9-22/h3-4,6-7,12-13,23H,5,8-11,14H2,1-2H3. The highest BCUT2D eigenvalue weighted by Gasteiger charge is 2.48. The molecule has 0 atom stereocenters. The molecule has 1 aliphatic heterocycles. The van der Waals surface area contributed by atoms with Gasteiger partial charge in [0.25, 0.3) is 5.56 Å². The third kappa shape index (κ3) is 3.27. The van der Waals surface area contributed by atoms with Gasteiger partial charge in [0.1, 0.15) is 0 Å². The van der Waals surface area contributed by atoms with E-state index in [9.17, 15) is 13.2 Å². The van der Waals surface area contributed by atoms with Gasteiger partial charge in [-0.15, -0.1) is 0 Å². The second-order valence-electron chi connectivity index (χ2n) is 8.74. The molecule has 1 spiro atoms. The number of aromatic nitrogens is 1. The molecule has 1 aromatic carbocycles. The Morgan fingerprint density at radius 3 is 2.62 bits per heavy atom. The molecule has 0 bridgehead atoms. The quantitative estimate of drug-likeness (QED) is 0.840. The van der Waals surface area contributed by atoms with Crippen molar-refractivity contribution in [2.24, 2.45) is 12.5 Å². The molecule has 2 aromatic rings. The van der Waals surface area contributed by atoms with Gasteiger partial charge in [0.15, 0.2) is 0 Å². The number of pyridine rings is 1. The molecule has 1 saturated carbocycles. The van der Waals surface area contributed by atoms with Gasteiger partial charge in [-0.05, 0) is 54.9 Å². The van der Waals surface area contributed by atoms with Crippen LogP contribution in [-0.2, 0) is 23.5 Å². The predicted molar refractivity (Wildman–Crippen MR) is 117 cm³/mol. The van der Waals surface area contributed by atoms with Crippen molar-refractivity contribution in [2.45, 2.75) is 25.7 Å². The van der Waals surface area contributed by atoms with Gasteiger partial charge in [0.2, 0.25) is 10.0 Å². The second kappa shape index (κ2) is 6.23. The summed E-state index contributed by atoms with van der Waals surface area (Å²) in [5.41, 5.74) is 5.84. The Hall–Kier alpha value is -2.54. The molecule has 6 nitrogen and oxygen atoms in total. The summed E-state index contributed by atoms with van der Waals surface area (Å²) in [5, 5.41) is 0. The van der Waals surface area contributed by atoms with Crippen molar-refractivity contribution in [3.63, 3.8) is 0 Å². The van der Waals surface area contributed by atoms with E-state index in [0.717, 1.165) is 47.3 Å². The van der Waals surface area contributed by atoms with Crippen molar-refractivity contribution >= 4 is 27.5 Å². The normalized spacial score (nSPS) is 19.0. The largest absolute Gasteiger partial charge is 0.370 e. The summed E-state index contributed by atoms with van der Waals surface area (Å²) in [7, 11) is -1.60. The van der Waals surface area contributed by atoms with Crippen molar-refractivity contribution in [2.75, 3.05) is 29.0 Å². The first-order chi connectivity index (χ1) is 13.7. The molecule has 5 rings (SSSR count). The Morgan fingerprint density at radius 2 is 1.93 bits per heavy atom. The number of benzene rings is 1. The van der Waals surface area contributed by atoms with Gasteiger partial charge in [-0.3, -0.25) is 9.52 Å². The fourth-order valence-electron chi connectivity index (χ4n) is 4.74. The highest BCUT2D eigenvalue weighted by molar-refractivity contribution is 7.92. The van der Waals surface area contributed by atoms with Gasteiger partial charge >= 0.3 is 0 Å². The van der Waals surface area contributed by atoms with Crippen molar-refractivity contribution < 1.29 is 8.42 Å². The number of allylic oxidation sites excluding steroid dienone is 1. The molecule has 0 unspecified atom stereocenters. The van der Waals surface area contributed by atoms with E-state index in [1.54, 1.807) is 11.6 Å². The topological polar surface area (TPSA) is 71.4 Å². The maximum Gasteiger partial charge on any atom is 0.254 e. The summed E-state index contributed by atoms with van der Waals surface area (Å²) in [6.07, 6.45) is 11.5. The summed E-state index contributed by atoms with van der Waals surface area (Å²) in [6, 6.07) is 5.75. The minimum absolute atomic E-state index is 0.0267. The lowest BCUT2D eigenvalue weighted by Gasteiger charge is -2.24. The fraction of sp³-hybridized carbons (Fsp3) is 0.409. The van der Waals surface area contributed by atoms with E-state index >= 15 is 0 Å². The van der Waals surface area contributed by atoms with E-state index in [4.69, 9.17) is 0 Å². The van der Waals surface area contributed by atoms with Crippen molar-refractivity contribution in [3.05, 3.63) is 52.0 Å². The summed E-state index contributed by atoms with van der Waals surface area (Å²) < 4.78 is 27.8. The van der Waals surface area contributed by atoms with Crippen LogP contribution in [0.1, 0.15) is 30.4 Å². The number of nitrogens with one attached hydrogen (secondary N) is 1. The second-order valence-corrected chi connectivity index (χ2v) is 10.5. The van der Waals surface area contributed by atoms with Crippen LogP contribution in [-0.4, -0.2) is 32.3 Å². The molecule has 152 valence electrons. The summed E-state index contributed by atoms with van der Waals surface area (Å²) >= 11 is 0. The van der Waals surface area contributed by atoms with Crippen LogP contribution in [0.3, 0.4) is 0 Å². The Kier molecular flexibility index (Phi) is 3.97. The Bertz CT molecular complexity index is 1210. The van der Waals surface area contributed by atoms with Gasteiger partial charge in [-0.1, -0.05) is 12.2 Å². The van der Waals surface area contributed by atoms with E-state index in [0.29, 0.717) is 17.5 Å². The lowest BCUT2D eigenvalue weighted by molar-refractivity contribution is 0.581. The SMILES string of the molecule is Cn1cc(-c2cc(NS(C)(=O)=O)ccc2N2CCC3(CC3)C2)c2c(c1=O)CC=C2. The minimum atomic E-state index is -3.38. The molecule has 0 radical (unpaired) electrons. The molecule has 2 fully saturated rings. The Labute approximate surface area is 170 Å². The number of hydrogen-bond donors (Lipinski definition) is 1. The molecule has 0 amide bonds. The van der Waals surface area contributed by atoms with E-state index < -0.39 is 10.0 Å². The zero-order chi connectivity index (χ0) is 20.4. The predicted octanol–water partition coefficient (Wildman–Crippen LogP) is 2.98. The molecular weight excluding hydrogens is 386 g/mol. The van der Waals surface area contributed by atoms with Crippen LogP contribution in [0, 0.1) is 5.41 Å². The van der Waals surface area contributed by atoms with Gasteiger partial charge < -0.3 is 9.47 Å². The molecule has 29 heavy (non-hydrogen) atoms. The van der Waals surface area contributed by atoms with Crippen LogP contribution in [0.2, 0.25) is 0 Å². The number of hydrogen-bond acceptors (Lipinski definition) is 4. The average Bonchev–Trinajstić information content (AvgIpc) is 3.04. The summed E-state index contributed by atoms with van der Waals surface area (Å²) in [5.74, 6) is 0. The maximum absolute atomic E-state index is 12.6. The van der Waals surface area contributed by atoms with Crippen LogP contribution in [0.15, 0.2) is 35.3 Å². The molecule has 2 aliphatic carbocycles. The number of rotatable bonds is 4. The van der Waals surface area contributed by atoms with Gasteiger partial charge in [0.05, 0.1) is 6.26 Å². The number of sulfonamides is 1. The lowest BCUT2D eigenvalue weighted by atomic mass is 9.97. The minimum Gasteiger partial charge on any atom is -0.370 e. The van der Waals surface area contributed by atoms with E-state index in [1.165, 1.54) is 19.3 Å². The van der Waals surface area contributed by atoms with Crippen LogP contribution in [0.4, 0.5) is 11.4 Å². The average molecular weight is 412 g/mol. The molecule has 3 aliphatic rings. The Morgan fingerprint density at radius 1 is 1.14 bits per heavy atom. The maximum atomic E-state index is 12.6. The van der Waals surface area contributed by atoms with Crippen LogP contribution in [0.5, 0.6) is 0 Å². The first-order valence-corrected chi connectivity index (χ1v) is 11.9. The summed E-state index contributed by atoms with van der Waals surface area (Å²) in [4.78, 5) is 15.0. The third-order valence-electron chi connectivity index (χ3n) is 6.45. The molecule has 1 N–H and O–H groups in total. The molecule has 1 saturated heterocycles. The van der Waals surface area contributed by atoms with E-state index in [2.05, 4.69) is 9.62 Å². The summed E-state index contributed by atoms with van der Waals surface area (Å²) in [6.45, 7) is 2.05. The van der Waals surface area contributed by atoms with Crippen LogP contribution in [0.25, 0.3) is 17.2 Å². The molecule has 1 aromatic heterocycles. The highest BCUT2D eigenvalue weighted by atomic mass is 32.2. The smallest absolute Gasteiger partial charge is 0.254 e. The monoisotopic (exact) mass is 411 g/mol. The number of aryl methyl sites for hydroxylation is 1. The van der Waals surface area contributed by atoms with Crippen molar-refractivity contribution in [3.8, 4) is 11.1 Å². The zero-order valence-corrected chi connectivity index (χ0v) is 17.6. The van der Waals surface area contributed by atoms with Crippen LogP contribution < -0.4 is 15.2 Å². The first kappa shape index (κ1) is 18.5. The number of anilines is 2. The molecule has 2 heterocycles. The Balaban J connectivity index is 1.68. The van der Waals surface area contributed by atoms with E-state index in [1.807, 2.05) is 36.5 Å². The van der Waals surface area contributed by atoms with E-state index in [-0.39, 0.29) is 5.56 Å². The number of fused-ring (bicyclic) bond motifs is 1. The van der Waals surface area contributed by atoms with Crippen LogP contribution >= 0.6 is 0 Å². The number of nitrogens with zero attached hydrogens (tertiary/aromatic N) is 2. The zero-order valence-electron chi connectivity index (χ0n) is 16.7. The first-order valence-electron chi connectivity index (χ1n) is 10.0. The van der Waals surface area contributed by atoms with Gasteiger partial charge in [-0.2, -0.15) is 0 Å². The highest BCUT2D eigenvalue weighted by Crippen LogP contribution is 2.54. The lowest BCUT2D eigenvalue weighted by Crippen LogP contribution is -2.23. The third-order valence-corrected chi connectivity index (χ3v) is 7.06. The fourth-order valence-corrected chi connectivity index (χ4v) is 5.30. The van der Waals surface area contributed by atoms with Gasteiger partial charge in [-0.25, -0.2) is 8.42 Å². The molecular formula is C22H25N3O3S.